The van der Waals surface area contributed by atoms with E-state index in [4.69, 9.17) is 11.6 Å². The fourth-order valence-electron chi connectivity index (χ4n) is 2.72. The molecular formula is C15H17ClN2. The van der Waals surface area contributed by atoms with E-state index < -0.39 is 0 Å². The third-order valence-electron chi connectivity index (χ3n) is 3.76. The van der Waals surface area contributed by atoms with Crippen LogP contribution in [0.5, 0.6) is 0 Å². The molecule has 1 heterocycles. The normalized spacial score (nSPS) is 18.1. The SMILES string of the molecule is ClC(c1cnn(-c2ccccc2)c1)C1CCCC1. The van der Waals surface area contributed by atoms with Gasteiger partial charge in [0.25, 0.3) is 0 Å². The van der Waals surface area contributed by atoms with Gasteiger partial charge in [0.1, 0.15) is 0 Å². The molecule has 1 aliphatic carbocycles. The van der Waals surface area contributed by atoms with Gasteiger partial charge in [-0.3, -0.25) is 0 Å². The first-order chi connectivity index (χ1) is 8.84. The molecule has 0 radical (unpaired) electrons. The first-order valence-corrected chi connectivity index (χ1v) is 7.02. The molecule has 18 heavy (non-hydrogen) atoms. The maximum Gasteiger partial charge on any atom is 0.0645 e. The van der Waals surface area contributed by atoms with Crippen molar-refractivity contribution in [2.24, 2.45) is 5.92 Å². The van der Waals surface area contributed by atoms with Crippen LogP contribution in [0.2, 0.25) is 0 Å². The Morgan fingerprint density at radius 3 is 2.61 bits per heavy atom. The Balaban J connectivity index is 1.81. The monoisotopic (exact) mass is 260 g/mol. The van der Waals surface area contributed by atoms with Crippen molar-refractivity contribution in [2.75, 3.05) is 0 Å². The van der Waals surface area contributed by atoms with Crippen molar-refractivity contribution >= 4 is 11.6 Å². The molecule has 1 aromatic heterocycles. The lowest BCUT2D eigenvalue weighted by molar-refractivity contribution is 0.529. The van der Waals surface area contributed by atoms with E-state index in [1.165, 1.54) is 25.7 Å². The summed E-state index contributed by atoms with van der Waals surface area (Å²) >= 11 is 6.56. The predicted molar refractivity (Wildman–Crippen MR) is 74.1 cm³/mol. The summed E-state index contributed by atoms with van der Waals surface area (Å²) in [7, 11) is 0. The summed E-state index contributed by atoms with van der Waals surface area (Å²) < 4.78 is 1.90. The van der Waals surface area contributed by atoms with Crippen molar-refractivity contribution in [1.82, 2.24) is 9.78 Å². The fourth-order valence-corrected chi connectivity index (χ4v) is 3.09. The Labute approximate surface area is 113 Å². The standard InChI is InChI=1S/C15H17ClN2/c16-15(12-6-4-5-7-12)13-10-17-18(11-13)14-8-2-1-3-9-14/h1-3,8-12,15H,4-7H2. The van der Waals surface area contributed by atoms with Gasteiger partial charge in [-0.05, 0) is 30.9 Å². The number of halogens is 1. The van der Waals surface area contributed by atoms with Crippen molar-refractivity contribution in [1.29, 1.82) is 0 Å². The summed E-state index contributed by atoms with van der Waals surface area (Å²) in [6.07, 6.45) is 9.12. The minimum atomic E-state index is 0.116. The molecule has 3 rings (SSSR count). The maximum absolute atomic E-state index is 6.56. The Bertz CT molecular complexity index is 500. The van der Waals surface area contributed by atoms with Crippen molar-refractivity contribution in [3.63, 3.8) is 0 Å². The number of para-hydroxylation sites is 1. The zero-order chi connectivity index (χ0) is 12.4. The molecule has 0 aliphatic heterocycles. The highest BCUT2D eigenvalue weighted by Gasteiger charge is 2.25. The quantitative estimate of drug-likeness (QED) is 0.751. The van der Waals surface area contributed by atoms with Crippen LogP contribution < -0.4 is 0 Å². The Morgan fingerprint density at radius 1 is 1.17 bits per heavy atom. The van der Waals surface area contributed by atoms with Crippen LogP contribution in [-0.4, -0.2) is 9.78 Å². The van der Waals surface area contributed by atoms with Gasteiger partial charge in [-0.25, -0.2) is 4.68 Å². The van der Waals surface area contributed by atoms with Crippen LogP contribution in [0.3, 0.4) is 0 Å². The van der Waals surface area contributed by atoms with E-state index in [9.17, 15) is 0 Å². The van der Waals surface area contributed by atoms with Crippen LogP contribution in [0.15, 0.2) is 42.7 Å². The van der Waals surface area contributed by atoms with E-state index in [-0.39, 0.29) is 5.38 Å². The summed E-state index contributed by atoms with van der Waals surface area (Å²) in [5.41, 5.74) is 2.23. The van der Waals surface area contributed by atoms with E-state index in [1.807, 2.05) is 29.1 Å². The van der Waals surface area contributed by atoms with Crippen molar-refractivity contribution in [3.05, 3.63) is 48.3 Å². The molecular weight excluding hydrogens is 244 g/mol. The zero-order valence-electron chi connectivity index (χ0n) is 10.3. The Hall–Kier alpha value is -1.28. The first-order valence-electron chi connectivity index (χ1n) is 6.58. The molecule has 0 N–H and O–H groups in total. The average molecular weight is 261 g/mol. The van der Waals surface area contributed by atoms with Crippen LogP contribution in [0.1, 0.15) is 36.6 Å². The van der Waals surface area contributed by atoms with Gasteiger partial charge < -0.3 is 0 Å². The molecule has 0 saturated heterocycles. The third-order valence-corrected chi connectivity index (χ3v) is 4.36. The van der Waals surface area contributed by atoms with Crippen molar-refractivity contribution in [3.8, 4) is 5.69 Å². The van der Waals surface area contributed by atoms with Crippen LogP contribution in [-0.2, 0) is 0 Å². The highest BCUT2D eigenvalue weighted by molar-refractivity contribution is 6.21. The molecule has 1 atom stereocenters. The molecule has 2 nitrogen and oxygen atoms in total. The predicted octanol–water partition coefficient (Wildman–Crippen LogP) is 4.34. The minimum Gasteiger partial charge on any atom is -0.241 e. The number of nitrogens with zero attached hydrogens (tertiary/aromatic N) is 2. The molecule has 0 bridgehead atoms. The van der Waals surface area contributed by atoms with E-state index in [0.29, 0.717) is 5.92 Å². The van der Waals surface area contributed by atoms with Gasteiger partial charge in [0.15, 0.2) is 0 Å². The summed E-state index contributed by atoms with van der Waals surface area (Å²) in [6, 6.07) is 10.2. The largest absolute Gasteiger partial charge is 0.241 e. The van der Waals surface area contributed by atoms with Gasteiger partial charge in [-0.1, -0.05) is 31.0 Å². The van der Waals surface area contributed by atoms with Crippen LogP contribution in [0, 0.1) is 5.92 Å². The summed E-state index contributed by atoms with van der Waals surface area (Å²) in [6.45, 7) is 0. The molecule has 94 valence electrons. The number of aromatic nitrogens is 2. The summed E-state index contributed by atoms with van der Waals surface area (Å²) in [5.74, 6) is 0.625. The maximum atomic E-state index is 6.56. The minimum absolute atomic E-state index is 0.116. The smallest absolute Gasteiger partial charge is 0.0645 e. The molecule has 0 amide bonds. The number of hydrogen-bond donors (Lipinski definition) is 0. The second kappa shape index (κ2) is 5.15. The Morgan fingerprint density at radius 2 is 1.89 bits per heavy atom. The number of rotatable bonds is 3. The highest BCUT2D eigenvalue weighted by atomic mass is 35.5. The van der Waals surface area contributed by atoms with E-state index in [0.717, 1.165) is 11.3 Å². The summed E-state index contributed by atoms with van der Waals surface area (Å²) in [5, 5.41) is 4.53. The molecule has 2 aromatic rings. The summed E-state index contributed by atoms with van der Waals surface area (Å²) in [4.78, 5) is 0. The highest BCUT2D eigenvalue weighted by Crippen LogP contribution is 2.39. The second-order valence-corrected chi connectivity index (χ2v) is 5.47. The van der Waals surface area contributed by atoms with Gasteiger partial charge in [0, 0.05) is 11.8 Å². The average Bonchev–Trinajstić information content (AvgIpc) is 3.10. The molecule has 0 spiro atoms. The number of alkyl halides is 1. The van der Waals surface area contributed by atoms with E-state index in [1.54, 1.807) is 0 Å². The second-order valence-electron chi connectivity index (χ2n) is 5.00. The van der Waals surface area contributed by atoms with Gasteiger partial charge in [0.2, 0.25) is 0 Å². The molecule has 1 saturated carbocycles. The topological polar surface area (TPSA) is 17.8 Å². The fraction of sp³-hybridized carbons (Fsp3) is 0.400. The van der Waals surface area contributed by atoms with Crippen LogP contribution >= 0.6 is 11.6 Å². The lowest BCUT2D eigenvalue weighted by Crippen LogP contribution is -2.02. The van der Waals surface area contributed by atoms with E-state index >= 15 is 0 Å². The molecule has 1 aliphatic rings. The lowest BCUT2D eigenvalue weighted by atomic mass is 10.00. The molecule has 3 heteroatoms. The number of benzene rings is 1. The third kappa shape index (κ3) is 2.30. The van der Waals surface area contributed by atoms with Gasteiger partial charge in [-0.15, -0.1) is 11.6 Å². The Kier molecular flexibility index (Phi) is 3.37. The van der Waals surface area contributed by atoms with Crippen molar-refractivity contribution in [2.45, 2.75) is 31.1 Å². The molecule has 1 aromatic carbocycles. The van der Waals surface area contributed by atoms with Crippen molar-refractivity contribution < 1.29 is 0 Å². The van der Waals surface area contributed by atoms with Gasteiger partial charge in [-0.2, -0.15) is 5.10 Å². The number of hydrogen-bond acceptors (Lipinski definition) is 1. The van der Waals surface area contributed by atoms with Crippen LogP contribution in [0.25, 0.3) is 5.69 Å². The lowest BCUT2D eigenvalue weighted by Gasteiger charge is -2.14. The van der Waals surface area contributed by atoms with Crippen LogP contribution in [0.4, 0.5) is 0 Å². The first kappa shape index (κ1) is 11.8. The van der Waals surface area contributed by atoms with E-state index in [2.05, 4.69) is 23.4 Å². The van der Waals surface area contributed by atoms with Gasteiger partial charge >= 0.3 is 0 Å². The zero-order valence-corrected chi connectivity index (χ0v) is 11.1. The van der Waals surface area contributed by atoms with Gasteiger partial charge in [0.05, 0.1) is 17.3 Å². The molecule has 1 unspecified atom stereocenters. The molecule has 1 fully saturated rings.